The predicted octanol–water partition coefficient (Wildman–Crippen LogP) is 11.0. The number of sulfone groups is 4. The molecule has 0 aliphatic carbocycles. The third kappa shape index (κ3) is 19.6. The predicted molar refractivity (Wildman–Crippen MR) is 394 cm³/mol. The van der Waals surface area contributed by atoms with Crippen molar-refractivity contribution < 1.29 is 71.4 Å². The van der Waals surface area contributed by atoms with Crippen LogP contribution in [0.5, 0.6) is 11.8 Å². The van der Waals surface area contributed by atoms with Crippen molar-refractivity contribution in [2.24, 2.45) is 14.1 Å². The second kappa shape index (κ2) is 31.6. The average molecular weight is 1560 g/mol. The van der Waals surface area contributed by atoms with E-state index in [4.69, 9.17) is 41.7 Å². The molecule has 4 N–H and O–H groups in total. The Morgan fingerprint density at radius 2 is 0.644 bits per heavy atom. The van der Waals surface area contributed by atoms with Gasteiger partial charge in [0.25, 0.3) is 0 Å². The summed E-state index contributed by atoms with van der Waals surface area (Å²) in [5, 5.41) is 27.0. The molecule has 0 radical (unpaired) electrons. The summed E-state index contributed by atoms with van der Waals surface area (Å²) >= 11 is 11.4. The Hall–Kier alpha value is -8.70. The van der Waals surface area contributed by atoms with Crippen LogP contribution in [0, 0.1) is 0 Å². The van der Waals surface area contributed by atoms with E-state index in [0.717, 1.165) is 30.0 Å². The van der Waals surface area contributed by atoms with Gasteiger partial charge in [-0.25, -0.2) is 53.6 Å². The third-order valence-electron chi connectivity index (χ3n) is 16.1. The number of rotatable bonds is 18. The molecule has 0 bridgehead atoms. The van der Waals surface area contributed by atoms with Gasteiger partial charge in [-0.1, -0.05) is 117 Å². The lowest BCUT2D eigenvalue weighted by molar-refractivity contribution is -0.118. The second-order valence-electron chi connectivity index (χ2n) is 29.8. The Balaban J connectivity index is 0.000000249. The van der Waals surface area contributed by atoms with Crippen LogP contribution in [0.1, 0.15) is 161 Å². The van der Waals surface area contributed by atoms with Gasteiger partial charge in [-0.2, -0.15) is 10.2 Å². The minimum atomic E-state index is -3.99. The van der Waals surface area contributed by atoms with Gasteiger partial charge < -0.3 is 39.8 Å². The summed E-state index contributed by atoms with van der Waals surface area (Å²) in [6.45, 7) is 34.3. The lowest BCUT2D eigenvalue weighted by Crippen LogP contribution is -2.44. The molecule has 0 atom stereocenters. The van der Waals surface area contributed by atoms with Crippen LogP contribution in [0.2, 0.25) is 10.3 Å². The van der Waals surface area contributed by atoms with Crippen LogP contribution in [-0.2, 0) is 94.3 Å². The van der Waals surface area contributed by atoms with Gasteiger partial charge in [-0.15, -0.1) is 0 Å². The van der Waals surface area contributed by atoms with Gasteiger partial charge in [0.15, 0.2) is 51.0 Å². The first-order valence-electron chi connectivity index (χ1n) is 31.8. The standard InChI is InChI=1S/C18H26N4O4S.C17H23ClN4O3S.C17H23N3O5S.C16H20ClN3O4S/c1-17(2,3)13-10-14(22(6)21-13)20-16(23)18(4,5)27(24,25)12-8-9-15(26-7)19-11-12;1-16(2,3)12-9-14(22(6)21-12)20-15(23)17(4,5)26(24,25)11-7-8-13(18)19-10-11;1-16(2,3)12-9-13(20-25-12)19-15(21)17(4,5)26(22,23)11-7-8-14(24-6)18-10-11;1-15(2,3)11-8-13(20-24-11)19-14(21)16(4,5)25(22,23)10-6-7-12(17)18-9-10/h8-11H,1-7H3,(H,20,23);7-10H,1-6H3,(H,20,23);7-10H,1-6H3,(H,19,20,21);6-9H,1-5H3,(H,19,20,21). The Kier molecular flexibility index (Phi) is 26.1. The van der Waals surface area contributed by atoms with Crippen LogP contribution in [-0.4, -0.2) is 140 Å². The number of methoxy groups -OCH3 is 2. The van der Waals surface area contributed by atoms with E-state index in [2.05, 4.69) is 61.7 Å². The van der Waals surface area contributed by atoms with Crippen molar-refractivity contribution in [3.8, 4) is 11.8 Å². The molecule has 30 nitrogen and oxygen atoms in total. The number of aromatic nitrogens is 10. The fourth-order valence-corrected chi connectivity index (χ4v) is 13.9. The molecule has 4 amide bonds. The number of hydrogen-bond acceptors (Lipinski definition) is 24. The largest absolute Gasteiger partial charge is 0.481 e. The maximum Gasteiger partial charge on any atom is 0.246 e. The van der Waals surface area contributed by atoms with E-state index in [-0.39, 0.29) is 69.1 Å². The maximum atomic E-state index is 13.0. The Bertz CT molecular complexity index is 4870. The van der Waals surface area contributed by atoms with E-state index in [0.29, 0.717) is 29.0 Å². The number of carbonyl (C=O) groups excluding carboxylic acids is 4. The first-order valence-corrected chi connectivity index (χ1v) is 38.5. The first-order chi connectivity index (χ1) is 47.3. The van der Waals surface area contributed by atoms with Crippen LogP contribution in [0.3, 0.4) is 0 Å². The van der Waals surface area contributed by atoms with Gasteiger partial charge in [-0.3, -0.25) is 28.5 Å². The van der Waals surface area contributed by atoms with Gasteiger partial charge in [0.1, 0.15) is 52.5 Å². The molecule has 0 aliphatic rings. The smallest absolute Gasteiger partial charge is 0.246 e. The zero-order valence-electron chi connectivity index (χ0n) is 62.6. The quantitative estimate of drug-likeness (QED) is 0.0580. The number of ether oxygens (including phenoxy) is 2. The highest BCUT2D eigenvalue weighted by molar-refractivity contribution is 7.94. The van der Waals surface area contributed by atoms with Gasteiger partial charge in [-0.05, 0) is 91.8 Å². The normalized spacial score (nSPS) is 12.8. The van der Waals surface area contributed by atoms with Crippen molar-refractivity contribution >= 4 is 109 Å². The fraction of sp³-hybridized carbons (Fsp3) is 0.471. The number of nitrogens with zero attached hydrogens (tertiary/aromatic N) is 10. The van der Waals surface area contributed by atoms with Crippen LogP contribution in [0.25, 0.3) is 0 Å². The Morgan fingerprint density at radius 3 is 0.846 bits per heavy atom. The molecule has 8 heterocycles. The van der Waals surface area contributed by atoms with E-state index < -0.39 is 82.0 Å². The summed E-state index contributed by atoms with van der Waals surface area (Å²) in [5.74, 6) is 0.153. The number of aryl methyl sites for hydroxylation is 2. The van der Waals surface area contributed by atoms with Crippen LogP contribution in [0.15, 0.2) is 126 Å². The molecule has 36 heteroatoms. The topological polar surface area (TPSA) is 411 Å². The maximum absolute atomic E-state index is 13.0. The molecular weight excluding hydrogens is 1470 g/mol. The minimum Gasteiger partial charge on any atom is -0.481 e. The molecule has 568 valence electrons. The number of pyridine rings is 4. The number of hydrogen-bond donors (Lipinski definition) is 4. The van der Waals surface area contributed by atoms with Gasteiger partial charge >= 0.3 is 0 Å². The summed E-state index contributed by atoms with van der Waals surface area (Å²) < 4.78 is 119. The van der Waals surface area contributed by atoms with E-state index in [9.17, 15) is 52.8 Å². The molecule has 104 heavy (non-hydrogen) atoms. The number of amides is 4. The highest BCUT2D eigenvalue weighted by Gasteiger charge is 2.47. The Morgan fingerprint density at radius 1 is 0.385 bits per heavy atom. The molecule has 0 saturated carbocycles. The highest BCUT2D eigenvalue weighted by Crippen LogP contribution is 2.35. The Labute approximate surface area is 617 Å². The van der Waals surface area contributed by atoms with Gasteiger partial charge in [0, 0.05) is 96.9 Å². The molecular formula is C68H92Cl2N14O16S4. The van der Waals surface area contributed by atoms with Crippen molar-refractivity contribution in [3.63, 3.8) is 0 Å². The summed E-state index contributed by atoms with van der Waals surface area (Å²) in [6, 6.07) is 17.6. The van der Waals surface area contributed by atoms with Crippen LogP contribution < -0.4 is 30.7 Å². The molecule has 8 rings (SSSR count). The van der Waals surface area contributed by atoms with Crippen molar-refractivity contribution in [1.82, 2.24) is 49.8 Å². The summed E-state index contributed by atoms with van der Waals surface area (Å²) in [6.07, 6.45) is 4.62. The third-order valence-corrected chi connectivity index (χ3v) is 26.1. The van der Waals surface area contributed by atoms with Crippen LogP contribution >= 0.6 is 23.2 Å². The highest BCUT2D eigenvalue weighted by atomic mass is 35.5. The van der Waals surface area contributed by atoms with Gasteiger partial charge in [0.05, 0.1) is 45.2 Å². The average Bonchev–Trinajstić information content (AvgIpc) is 0.996. The van der Waals surface area contributed by atoms with Crippen molar-refractivity contribution in [1.29, 1.82) is 0 Å². The lowest BCUT2D eigenvalue weighted by Gasteiger charge is -2.23. The van der Waals surface area contributed by atoms with Gasteiger partial charge in [0.2, 0.25) is 35.4 Å². The molecule has 0 aromatic carbocycles. The molecule has 8 aromatic rings. The molecule has 0 saturated heterocycles. The molecule has 8 aromatic heterocycles. The molecule has 0 unspecified atom stereocenters. The van der Waals surface area contributed by atoms with E-state index in [1.165, 1.54) is 134 Å². The molecule has 0 aliphatic heterocycles. The first kappa shape index (κ1) is 85.9. The van der Waals surface area contributed by atoms with E-state index in [1.807, 2.05) is 83.1 Å². The zero-order valence-corrected chi connectivity index (χ0v) is 67.4. The SMILES string of the molecule is CC(C)(C)c1cc(NC(=O)C(C)(C)S(=O)(=O)c2ccc(Cl)nc2)no1.COc1ccc(S(=O)(=O)C(C)(C)C(=O)Nc2cc(C(C)(C)C)nn2C)cn1.COc1ccc(S(=O)(=O)C(C)(C)C(=O)Nc2cc(C(C)(C)C)on2)cn1.Cn1nc(C(C)(C)C)cc1NC(=O)C(C)(C)S(=O)(=O)c1ccc(Cl)nc1. The monoisotopic (exact) mass is 1560 g/mol. The van der Waals surface area contributed by atoms with Crippen molar-refractivity contribution in [2.75, 3.05) is 35.5 Å². The summed E-state index contributed by atoms with van der Waals surface area (Å²) in [7, 11) is -9.68. The second-order valence-corrected chi connectivity index (χ2v) is 40.6. The summed E-state index contributed by atoms with van der Waals surface area (Å²) in [5.41, 5.74) is 0.617. The number of carbonyl (C=O) groups is 4. The molecule has 0 fully saturated rings. The number of anilines is 4. The van der Waals surface area contributed by atoms with E-state index in [1.54, 1.807) is 38.4 Å². The lowest BCUT2D eigenvalue weighted by atomic mass is 9.92. The zero-order chi connectivity index (χ0) is 79.3. The number of halogens is 2. The molecule has 0 spiro atoms. The summed E-state index contributed by atoms with van der Waals surface area (Å²) in [4.78, 5) is 65.8. The van der Waals surface area contributed by atoms with Crippen molar-refractivity contribution in [2.45, 2.75) is 199 Å². The van der Waals surface area contributed by atoms with Crippen LogP contribution in [0.4, 0.5) is 23.3 Å². The van der Waals surface area contributed by atoms with Crippen molar-refractivity contribution in [3.05, 3.63) is 131 Å². The minimum absolute atomic E-state index is 0.0520. The number of nitrogens with one attached hydrogen (secondary N) is 4. The fourth-order valence-electron chi connectivity index (χ4n) is 8.35. The van der Waals surface area contributed by atoms with E-state index >= 15 is 0 Å².